The van der Waals surface area contributed by atoms with Crippen molar-refractivity contribution in [2.75, 3.05) is 33.3 Å². The molecule has 1 amide bonds. The fourth-order valence-electron chi connectivity index (χ4n) is 2.00. The second kappa shape index (κ2) is 7.43. The summed E-state index contributed by atoms with van der Waals surface area (Å²) in [5.41, 5.74) is 0.951. The summed E-state index contributed by atoms with van der Waals surface area (Å²) >= 11 is 5.81. The van der Waals surface area contributed by atoms with E-state index in [1.54, 1.807) is 36.2 Å². The standard InChI is InChI=1S/C15H19ClN2O2/c1-18(11-14-10-17-8-9-20-14)15(19)7-4-12-2-5-13(16)6-3-12/h2-7,14,17H,8-11H2,1H3/b7-4+. The smallest absolute Gasteiger partial charge is 0.246 e. The van der Waals surface area contributed by atoms with Gasteiger partial charge in [-0.2, -0.15) is 0 Å². The molecule has 0 aromatic heterocycles. The summed E-state index contributed by atoms with van der Waals surface area (Å²) in [6, 6.07) is 7.36. The van der Waals surface area contributed by atoms with Gasteiger partial charge in [0.1, 0.15) is 0 Å². The van der Waals surface area contributed by atoms with E-state index in [1.165, 1.54) is 0 Å². The Morgan fingerprint density at radius 1 is 1.50 bits per heavy atom. The zero-order valence-electron chi connectivity index (χ0n) is 11.5. The van der Waals surface area contributed by atoms with Crippen LogP contribution < -0.4 is 5.32 Å². The van der Waals surface area contributed by atoms with Crippen molar-refractivity contribution in [2.45, 2.75) is 6.10 Å². The fourth-order valence-corrected chi connectivity index (χ4v) is 2.13. The van der Waals surface area contributed by atoms with Crippen LogP contribution in [0.15, 0.2) is 30.3 Å². The van der Waals surface area contributed by atoms with Gasteiger partial charge in [-0.05, 0) is 23.8 Å². The number of hydrogen-bond acceptors (Lipinski definition) is 3. The maximum absolute atomic E-state index is 12.0. The first kappa shape index (κ1) is 15.0. The zero-order chi connectivity index (χ0) is 14.4. The highest BCUT2D eigenvalue weighted by atomic mass is 35.5. The molecule has 0 aliphatic carbocycles. The highest BCUT2D eigenvalue weighted by Crippen LogP contribution is 2.10. The number of amides is 1. The summed E-state index contributed by atoms with van der Waals surface area (Å²) in [4.78, 5) is 13.7. The van der Waals surface area contributed by atoms with E-state index in [0.717, 1.165) is 18.7 Å². The minimum Gasteiger partial charge on any atom is -0.374 e. The Hall–Kier alpha value is -1.36. The van der Waals surface area contributed by atoms with Crippen LogP contribution in [0.1, 0.15) is 5.56 Å². The molecule has 108 valence electrons. The topological polar surface area (TPSA) is 41.6 Å². The van der Waals surface area contributed by atoms with Crippen LogP contribution in [0.5, 0.6) is 0 Å². The summed E-state index contributed by atoms with van der Waals surface area (Å²) in [7, 11) is 1.78. The first-order valence-electron chi connectivity index (χ1n) is 6.66. The number of rotatable bonds is 4. The third-order valence-corrected chi connectivity index (χ3v) is 3.40. The van der Waals surface area contributed by atoms with Gasteiger partial charge in [-0.1, -0.05) is 23.7 Å². The first-order chi connectivity index (χ1) is 9.65. The second-order valence-corrected chi connectivity index (χ2v) is 5.24. The molecule has 2 rings (SSSR count). The zero-order valence-corrected chi connectivity index (χ0v) is 12.3. The number of carbonyl (C=O) groups is 1. The molecule has 1 aromatic carbocycles. The molecule has 0 bridgehead atoms. The van der Waals surface area contributed by atoms with Crippen LogP contribution in [-0.2, 0) is 9.53 Å². The van der Waals surface area contributed by atoms with Gasteiger partial charge < -0.3 is 15.0 Å². The predicted octanol–water partition coefficient (Wildman–Crippen LogP) is 1.80. The fraction of sp³-hybridized carbons (Fsp3) is 0.400. The highest BCUT2D eigenvalue weighted by molar-refractivity contribution is 6.30. The molecule has 1 atom stereocenters. The van der Waals surface area contributed by atoms with Crippen molar-refractivity contribution in [3.63, 3.8) is 0 Å². The number of benzene rings is 1. The van der Waals surface area contributed by atoms with Gasteiger partial charge in [-0.25, -0.2) is 0 Å². The van der Waals surface area contributed by atoms with Gasteiger partial charge in [0, 0.05) is 37.8 Å². The monoisotopic (exact) mass is 294 g/mol. The Morgan fingerprint density at radius 3 is 2.90 bits per heavy atom. The predicted molar refractivity (Wildman–Crippen MR) is 80.7 cm³/mol. The maximum Gasteiger partial charge on any atom is 0.246 e. The number of hydrogen-bond donors (Lipinski definition) is 1. The molecule has 1 heterocycles. The Labute approximate surface area is 124 Å². The molecule has 1 aliphatic rings. The lowest BCUT2D eigenvalue weighted by atomic mass is 10.2. The van der Waals surface area contributed by atoms with E-state index in [1.807, 2.05) is 12.1 Å². The van der Waals surface area contributed by atoms with Crippen LogP contribution >= 0.6 is 11.6 Å². The first-order valence-corrected chi connectivity index (χ1v) is 7.04. The van der Waals surface area contributed by atoms with Gasteiger partial charge in [0.2, 0.25) is 5.91 Å². The van der Waals surface area contributed by atoms with Crippen LogP contribution in [0.25, 0.3) is 6.08 Å². The second-order valence-electron chi connectivity index (χ2n) is 4.80. The molecular weight excluding hydrogens is 276 g/mol. The third-order valence-electron chi connectivity index (χ3n) is 3.15. The molecule has 4 nitrogen and oxygen atoms in total. The van der Waals surface area contributed by atoms with Crippen molar-refractivity contribution in [3.8, 4) is 0 Å². The molecule has 0 spiro atoms. The van der Waals surface area contributed by atoms with E-state index in [9.17, 15) is 4.79 Å². The largest absolute Gasteiger partial charge is 0.374 e. The van der Waals surface area contributed by atoms with E-state index in [-0.39, 0.29) is 12.0 Å². The van der Waals surface area contributed by atoms with Crippen molar-refractivity contribution in [1.29, 1.82) is 0 Å². The van der Waals surface area contributed by atoms with Crippen molar-refractivity contribution < 1.29 is 9.53 Å². The number of likely N-dealkylation sites (N-methyl/N-ethyl adjacent to an activating group) is 1. The summed E-state index contributed by atoms with van der Waals surface area (Å²) in [5, 5.41) is 3.94. The Kier molecular flexibility index (Phi) is 5.59. The van der Waals surface area contributed by atoms with Gasteiger partial charge in [0.25, 0.3) is 0 Å². The van der Waals surface area contributed by atoms with E-state index >= 15 is 0 Å². The van der Waals surface area contributed by atoms with Gasteiger partial charge in [0.15, 0.2) is 0 Å². The lowest BCUT2D eigenvalue weighted by Crippen LogP contribution is -2.45. The van der Waals surface area contributed by atoms with Gasteiger partial charge in [0.05, 0.1) is 12.7 Å². The Morgan fingerprint density at radius 2 is 2.25 bits per heavy atom. The van der Waals surface area contributed by atoms with Crippen LogP contribution in [0.4, 0.5) is 0 Å². The quantitative estimate of drug-likeness (QED) is 0.861. The number of halogens is 1. The SMILES string of the molecule is CN(CC1CNCCO1)C(=O)/C=C/c1ccc(Cl)cc1. The van der Waals surface area contributed by atoms with Crippen LogP contribution in [0, 0.1) is 0 Å². The molecule has 1 aromatic rings. The van der Waals surface area contributed by atoms with Crippen molar-refractivity contribution >= 4 is 23.6 Å². The summed E-state index contributed by atoms with van der Waals surface area (Å²) in [6.07, 6.45) is 3.43. The molecule has 1 N–H and O–H groups in total. The molecular formula is C15H19ClN2O2. The summed E-state index contributed by atoms with van der Waals surface area (Å²) < 4.78 is 5.58. The van der Waals surface area contributed by atoms with Crippen LogP contribution in [0.2, 0.25) is 5.02 Å². The normalized spacial score (nSPS) is 19.2. The van der Waals surface area contributed by atoms with Gasteiger partial charge in [-0.3, -0.25) is 4.79 Å². The molecule has 0 saturated carbocycles. The van der Waals surface area contributed by atoms with Gasteiger partial charge >= 0.3 is 0 Å². The van der Waals surface area contributed by atoms with Crippen molar-refractivity contribution in [3.05, 3.63) is 40.9 Å². The van der Waals surface area contributed by atoms with Crippen LogP contribution in [-0.4, -0.2) is 50.2 Å². The van der Waals surface area contributed by atoms with Crippen molar-refractivity contribution in [1.82, 2.24) is 10.2 Å². The lowest BCUT2D eigenvalue weighted by molar-refractivity contribution is -0.126. The summed E-state index contributed by atoms with van der Waals surface area (Å²) in [6.45, 7) is 2.97. The number of morpholine rings is 1. The number of nitrogens with one attached hydrogen (secondary N) is 1. The summed E-state index contributed by atoms with van der Waals surface area (Å²) in [5.74, 6) is -0.0332. The van der Waals surface area contributed by atoms with E-state index in [2.05, 4.69) is 5.32 Å². The lowest BCUT2D eigenvalue weighted by Gasteiger charge is -2.27. The van der Waals surface area contributed by atoms with Crippen molar-refractivity contribution in [2.24, 2.45) is 0 Å². The van der Waals surface area contributed by atoms with E-state index < -0.39 is 0 Å². The van der Waals surface area contributed by atoms with E-state index in [4.69, 9.17) is 16.3 Å². The molecule has 1 fully saturated rings. The number of carbonyl (C=O) groups excluding carboxylic acids is 1. The van der Waals surface area contributed by atoms with Gasteiger partial charge in [-0.15, -0.1) is 0 Å². The number of ether oxygens (including phenoxy) is 1. The Balaban J connectivity index is 1.85. The Bertz CT molecular complexity index is 467. The van der Waals surface area contributed by atoms with Crippen LogP contribution in [0.3, 0.4) is 0 Å². The minimum atomic E-state index is -0.0332. The molecule has 5 heteroatoms. The average Bonchev–Trinajstić information content (AvgIpc) is 2.47. The molecule has 0 radical (unpaired) electrons. The average molecular weight is 295 g/mol. The molecule has 20 heavy (non-hydrogen) atoms. The third kappa shape index (κ3) is 4.63. The van der Waals surface area contributed by atoms with E-state index in [0.29, 0.717) is 18.2 Å². The number of nitrogens with zero attached hydrogens (tertiary/aromatic N) is 1. The molecule has 1 aliphatic heterocycles. The highest BCUT2D eigenvalue weighted by Gasteiger charge is 2.17. The minimum absolute atomic E-state index is 0.0332. The maximum atomic E-state index is 12.0. The molecule has 1 saturated heterocycles. The molecule has 1 unspecified atom stereocenters.